The van der Waals surface area contributed by atoms with Crippen LogP contribution in [0.2, 0.25) is 0 Å². The maximum Gasteiger partial charge on any atom is 0.335 e. The van der Waals surface area contributed by atoms with E-state index in [4.69, 9.17) is 5.11 Å². The van der Waals surface area contributed by atoms with Crippen LogP contribution in [-0.4, -0.2) is 30.5 Å². The number of hydrogen-bond acceptors (Lipinski definition) is 4. The molecular weight excluding hydrogens is 335 g/mol. The number of rotatable bonds is 2. The lowest BCUT2D eigenvalue weighted by molar-refractivity contribution is 0.0696. The predicted molar refractivity (Wildman–Crippen MR) is 85.2 cm³/mol. The van der Waals surface area contributed by atoms with Crippen molar-refractivity contribution < 1.29 is 22.7 Å². The normalized spacial score (nSPS) is 19.0. The van der Waals surface area contributed by atoms with E-state index < -0.39 is 27.9 Å². The van der Waals surface area contributed by atoms with Crippen LogP contribution in [0.4, 0.5) is 10.1 Å². The summed E-state index contributed by atoms with van der Waals surface area (Å²) in [4.78, 5) is 15.2. The van der Waals surface area contributed by atoms with Gasteiger partial charge in [0.1, 0.15) is 10.7 Å². The van der Waals surface area contributed by atoms with E-state index in [-0.39, 0.29) is 16.1 Å². The van der Waals surface area contributed by atoms with Crippen molar-refractivity contribution in [3.63, 3.8) is 0 Å². The average Bonchev–Trinajstić information content (AvgIpc) is 2.47. The first-order valence-electron chi connectivity index (χ1n) is 7.25. The molecule has 1 atom stereocenters. The topological polar surface area (TPSA) is 87.6 Å². The molecule has 1 aliphatic heterocycles. The summed E-state index contributed by atoms with van der Waals surface area (Å²) in [5.74, 6) is -2.17. The number of carboxylic acids is 1. The summed E-state index contributed by atoms with van der Waals surface area (Å²) in [5.41, 5.74) is 0.762. The Morgan fingerprint density at radius 2 is 2.04 bits per heavy atom. The lowest BCUT2D eigenvalue weighted by Crippen LogP contribution is -2.45. The highest BCUT2D eigenvalue weighted by Gasteiger charge is 2.38. The van der Waals surface area contributed by atoms with Gasteiger partial charge in [0.25, 0.3) is 10.0 Å². The number of carboxylic acid groups (broad SMARTS) is 1. The first-order valence-corrected chi connectivity index (χ1v) is 8.69. The quantitative estimate of drug-likeness (QED) is 0.898. The maximum absolute atomic E-state index is 14.4. The number of benzene rings is 1. The van der Waals surface area contributed by atoms with Gasteiger partial charge in [0.05, 0.1) is 16.9 Å². The Labute approximate surface area is 138 Å². The van der Waals surface area contributed by atoms with E-state index in [1.54, 1.807) is 19.9 Å². The Kier molecular flexibility index (Phi) is 3.79. The van der Waals surface area contributed by atoms with Gasteiger partial charge >= 0.3 is 5.97 Å². The molecule has 0 aliphatic carbocycles. The Hall–Kier alpha value is -2.48. The van der Waals surface area contributed by atoms with Crippen molar-refractivity contribution in [2.45, 2.75) is 31.2 Å². The molecule has 8 heteroatoms. The molecule has 0 amide bonds. The number of pyridine rings is 1. The largest absolute Gasteiger partial charge is 0.478 e. The van der Waals surface area contributed by atoms with E-state index in [2.05, 4.69) is 4.98 Å². The number of nitrogens with zero attached hydrogens (tertiary/aromatic N) is 2. The van der Waals surface area contributed by atoms with Gasteiger partial charge in [-0.15, -0.1) is 0 Å². The summed E-state index contributed by atoms with van der Waals surface area (Å²) in [6.45, 7) is 3.43. The Balaban J connectivity index is 2.15. The number of aryl methyl sites for hydroxylation is 1. The molecule has 3 rings (SSSR count). The Morgan fingerprint density at radius 1 is 1.33 bits per heavy atom. The molecule has 0 bridgehead atoms. The third kappa shape index (κ3) is 2.52. The molecule has 0 spiro atoms. The van der Waals surface area contributed by atoms with Gasteiger partial charge in [0, 0.05) is 18.2 Å². The van der Waals surface area contributed by atoms with E-state index in [0.29, 0.717) is 17.8 Å². The molecule has 0 fully saturated rings. The minimum Gasteiger partial charge on any atom is -0.478 e. The monoisotopic (exact) mass is 350 g/mol. The number of sulfonamides is 1. The highest BCUT2D eigenvalue weighted by atomic mass is 32.2. The third-order valence-electron chi connectivity index (χ3n) is 3.93. The Morgan fingerprint density at radius 3 is 2.67 bits per heavy atom. The molecule has 1 aromatic heterocycles. The van der Waals surface area contributed by atoms with E-state index in [1.165, 1.54) is 18.2 Å². The van der Waals surface area contributed by atoms with Gasteiger partial charge in [-0.2, -0.15) is 0 Å². The molecule has 2 aromatic rings. The Bertz CT molecular complexity index is 943. The predicted octanol–water partition coefficient (Wildman–Crippen LogP) is 2.37. The summed E-state index contributed by atoms with van der Waals surface area (Å²) in [6.07, 6.45) is 0.344. The molecule has 1 unspecified atom stereocenters. The number of hydrogen-bond donors (Lipinski definition) is 1. The highest BCUT2D eigenvalue weighted by molar-refractivity contribution is 7.93. The molecule has 0 radical (unpaired) electrons. The lowest BCUT2D eigenvalue weighted by atomic mass is 10.1. The van der Waals surface area contributed by atoms with Crippen LogP contribution in [0.1, 0.15) is 28.7 Å². The molecule has 126 valence electrons. The van der Waals surface area contributed by atoms with E-state index in [9.17, 15) is 17.6 Å². The van der Waals surface area contributed by atoms with Crippen LogP contribution in [0.25, 0.3) is 0 Å². The average molecular weight is 350 g/mol. The van der Waals surface area contributed by atoms with Crippen molar-refractivity contribution in [2.24, 2.45) is 0 Å². The highest BCUT2D eigenvalue weighted by Crippen LogP contribution is 2.35. The summed E-state index contributed by atoms with van der Waals surface area (Å²) >= 11 is 0. The fourth-order valence-electron chi connectivity index (χ4n) is 2.87. The SMILES string of the molecule is Cc1ccc2c(n1)CC(C)N(c1ccc(C(=O)O)cc1F)S2(=O)=O. The summed E-state index contributed by atoms with van der Waals surface area (Å²) in [7, 11) is -3.97. The van der Waals surface area contributed by atoms with Gasteiger partial charge in [0.2, 0.25) is 0 Å². The van der Waals surface area contributed by atoms with Crippen molar-refractivity contribution >= 4 is 21.7 Å². The van der Waals surface area contributed by atoms with Crippen LogP contribution in [0.5, 0.6) is 0 Å². The molecule has 6 nitrogen and oxygen atoms in total. The summed E-state index contributed by atoms with van der Waals surface area (Å²) in [5, 5.41) is 8.91. The van der Waals surface area contributed by atoms with Crippen molar-refractivity contribution in [3.05, 3.63) is 53.1 Å². The zero-order valence-corrected chi connectivity index (χ0v) is 13.8. The van der Waals surface area contributed by atoms with Gasteiger partial charge in [-0.3, -0.25) is 9.29 Å². The number of halogens is 1. The number of aromatic nitrogens is 1. The van der Waals surface area contributed by atoms with Gasteiger partial charge in [-0.25, -0.2) is 17.6 Å². The van der Waals surface area contributed by atoms with Gasteiger partial charge in [-0.05, 0) is 44.2 Å². The third-order valence-corrected chi connectivity index (χ3v) is 5.93. The van der Waals surface area contributed by atoms with Crippen molar-refractivity contribution in [3.8, 4) is 0 Å². The van der Waals surface area contributed by atoms with Crippen molar-refractivity contribution in [2.75, 3.05) is 4.31 Å². The number of fused-ring (bicyclic) bond motifs is 1. The van der Waals surface area contributed by atoms with Gasteiger partial charge < -0.3 is 5.11 Å². The number of aromatic carboxylic acids is 1. The van der Waals surface area contributed by atoms with Crippen LogP contribution in [0, 0.1) is 12.7 Å². The van der Waals surface area contributed by atoms with Crippen LogP contribution in [0.3, 0.4) is 0 Å². The van der Waals surface area contributed by atoms with Gasteiger partial charge in [-0.1, -0.05) is 0 Å². The first-order chi connectivity index (χ1) is 11.2. The van der Waals surface area contributed by atoms with E-state index in [1.807, 2.05) is 0 Å². The van der Waals surface area contributed by atoms with Crippen molar-refractivity contribution in [1.82, 2.24) is 4.98 Å². The second-order valence-corrected chi connectivity index (χ2v) is 7.51. The fourth-order valence-corrected chi connectivity index (χ4v) is 4.70. The fraction of sp³-hybridized carbons (Fsp3) is 0.250. The van der Waals surface area contributed by atoms with Gasteiger partial charge in [0.15, 0.2) is 0 Å². The lowest BCUT2D eigenvalue weighted by Gasteiger charge is -2.35. The van der Waals surface area contributed by atoms with Crippen LogP contribution in [0.15, 0.2) is 35.2 Å². The maximum atomic E-state index is 14.4. The van der Waals surface area contributed by atoms with E-state index in [0.717, 1.165) is 10.4 Å². The summed E-state index contributed by atoms with van der Waals surface area (Å²) < 4.78 is 41.2. The minimum atomic E-state index is -3.97. The summed E-state index contributed by atoms with van der Waals surface area (Å²) in [6, 6.07) is 5.71. The molecule has 1 N–H and O–H groups in total. The molecule has 1 aromatic carbocycles. The molecule has 0 saturated heterocycles. The zero-order valence-electron chi connectivity index (χ0n) is 13.0. The molecule has 1 aliphatic rings. The van der Waals surface area contributed by atoms with Crippen LogP contribution in [-0.2, 0) is 16.4 Å². The first kappa shape index (κ1) is 16.4. The molecule has 0 saturated carbocycles. The number of anilines is 1. The van der Waals surface area contributed by atoms with Crippen LogP contribution < -0.4 is 4.31 Å². The molecule has 24 heavy (non-hydrogen) atoms. The molecular formula is C16H15FN2O4S. The number of carbonyl (C=O) groups is 1. The van der Waals surface area contributed by atoms with Crippen molar-refractivity contribution in [1.29, 1.82) is 0 Å². The minimum absolute atomic E-state index is 0.0490. The second-order valence-electron chi connectivity index (χ2n) is 5.72. The molecule has 2 heterocycles. The standard InChI is InChI=1S/C16H15FN2O4S/c1-9-3-6-15-13(18-9)7-10(2)19(24(15,22)23)14-5-4-11(16(20)21)8-12(14)17/h3-6,8,10H,7H2,1-2H3,(H,20,21). The smallest absolute Gasteiger partial charge is 0.335 e. The van der Waals surface area contributed by atoms with Crippen LogP contribution >= 0.6 is 0 Å². The van der Waals surface area contributed by atoms with E-state index >= 15 is 0 Å². The second kappa shape index (κ2) is 5.55. The zero-order chi connectivity index (χ0) is 17.6.